The molecule has 8 heteroatoms. The van der Waals surface area contributed by atoms with E-state index in [2.05, 4.69) is 30.9 Å². The van der Waals surface area contributed by atoms with Gasteiger partial charge in [0.05, 0.1) is 12.3 Å². The molecule has 0 bridgehead atoms. The normalized spacial score (nSPS) is 15.1. The Hall–Kier alpha value is -2.64. The van der Waals surface area contributed by atoms with Crippen LogP contribution in [0.3, 0.4) is 0 Å². The monoisotopic (exact) mass is 344 g/mol. The molecule has 8 nitrogen and oxygen atoms in total. The van der Waals surface area contributed by atoms with Crippen molar-refractivity contribution in [2.45, 2.75) is 40.8 Å². The summed E-state index contributed by atoms with van der Waals surface area (Å²) in [6, 6.07) is 0. The lowest BCUT2D eigenvalue weighted by atomic mass is 9.89. The second kappa shape index (κ2) is 5.72. The molecular formula is C17H24N6O2. The quantitative estimate of drug-likeness (QED) is 0.770. The van der Waals surface area contributed by atoms with E-state index < -0.39 is 0 Å². The third-order valence-corrected chi connectivity index (χ3v) is 4.47. The van der Waals surface area contributed by atoms with Crippen molar-refractivity contribution < 1.29 is 0 Å². The lowest BCUT2D eigenvalue weighted by molar-refractivity contribution is 0.554. The van der Waals surface area contributed by atoms with Gasteiger partial charge in [0, 0.05) is 26.1 Å². The minimum Gasteiger partial charge on any atom is -0.297 e. The number of aromatic nitrogens is 4. The predicted molar refractivity (Wildman–Crippen MR) is 99.3 cm³/mol. The summed E-state index contributed by atoms with van der Waals surface area (Å²) in [7, 11) is 3.44. The van der Waals surface area contributed by atoms with Crippen LogP contribution in [0.25, 0.3) is 11.2 Å². The summed E-state index contributed by atoms with van der Waals surface area (Å²) in [4.78, 5) is 30.0. The van der Waals surface area contributed by atoms with Crippen LogP contribution in [0.1, 0.15) is 27.7 Å². The highest BCUT2D eigenvalue weighted by Gasteiger charge is 2.30. The topological polar surface area (TPSA) is 77.4 Å². The van der Waals surface area contributed by atoms with E-state index in [0.717, 1.165) is 5.71 Å². The van der Waals surface area contributed by atoms with Gasteiger partial charge in [-0.25, -0.2) is 9.80 Å². The first-order valence-corrected chi connectivity index (χ1v) is 8.29. The lowest BCUT2D eigenvalue weighted by Gasteiger charge is -2.29. The highest BCUT2D eigenvalue weighted by atomic mass is 16.2. The second-order valence-corrected chi connectivity index (χ2v) is 7.32. The third kappa shape index (κ3) is 2.61. The molecule has 0 radical (unpaired) electrons. The van der Waals surface area contributed by atoms with Gasteiger partial charge in [-0.1, -0.05) is 32.9 Å². The predicted octanol–water partition coefficient (Wildman–Crippen LogP) is 1.32. The Kier molecular flexibility index (Phi) is 3.93. The smallest absolute Gasteiger partial charge is 0.297 e. The highest BCUT2D eigenvalue weighted by Crippen LogP contribution is 2.27. The largest absolute Gasteiger partial charge is 0.332 e. The molecule has 0 N–H and O–H groups in total. The molecule has 0 aliphatic carbocycles. The number of hydrazone groups is 1. The second-order valence-electron chi connectivity index (χ2n) is 7.32. The molecule has 0 spiro atoms. The van der Waals surface area contributed by atoms with Crippen LogP contribution in [0.5, 0.6) is 0 Å². The summed E-state index contributed by atoms with van der Waals surface area (Å²) in [6.07, 6.45) is 3.61. The summed E-state index contributed by atoms with van der Waals surface area (Å²) >= 11 is 0. The van der Waals surface area contributed by atoms with Gasteiger partial charge in [-0.05, 0) is 6.92 Å². The number of anilines is 1. The Morgan fingerprint density at radius 2 is 1.88 bits per heavy atom. The van der Waals surface area contributed by atoms with Gasteiger partial charge < -0.3 is 0 Å². The zero-order chi connectivity index (χ0) is 18.5. The molecule has 2 aromatic rings. The Morgan fingerprint density at radius 1 is 1.20 bits per heavy atom. The average Bonchev–Trinajstić information content (AvgIpc) is 2.92. The van der Waals surface area contributed by atoms with E-state index in [4.69, 9.17) is 0 Å². The van der Waals surface area contributed by atoms with Crippen LogP contribution in [0.15, 0.2) is 26.8 Å². The van der Waals surface area contributed by atoms with Crippen LogP contribution < -0.4 is 16.3 Å². The summed E-state index contributed by atoms with van der Waals surface area (Å²) in [5, 5.41) is 6.27. The first kappa shape index (κ1) is 17.2. The Balaban J connectivity index is 2.32. The van der Waals surface area contributed by atoms with Crippen molar-refractivity contribution in [2.24, 2.45) is 17.6 Å². The Bertz CT molecular complexity index is 1010. The lowest BCUT2D eigenvalue weighted by Crippen LogP contribution is -2.40. The van der Waals surface area contributed by atoms with E-state index in [1.54, 1.807) is 25.2 Å². The molecule has 3 heterocycles. The van der Waals surface area contributed by atoms with Crippen molar-refractivity contribution in [3.8, 4) is 0 Å². The molecule has 0 aromatic carbocycles. The molecule has 0 atom stereocenters. The number of hydrogen-bond donors (Lipinski definition) is 0. The van der Waals surface area contributed by atoms with Crippen molar-refractivity contribution in [1.29, 1.82) is 0 Å². The van der Waals surface area contributed by atoms with Gasteiger partial charge >= 0.3 is 5.69 Å². The van der Waals surface area contributed by atoms with Gasteiger partial charge in [0.1, 0.15) is 0 Å². The van der Waals surface area contributed by atoms with Crippen molar-refractivity contribution >= 4 is 22.8 Å². The molecular weight excluding hydrogens is 320 g/mol. The summed E-state index contributed by atoms with van der Waals surface area (Å²) in [6.45, 7) is 8.85. The minimum atomic E-state index is -0.370. The fourth-order valence-electron chi connectivity index (χ4n) is 2.92. The van der Waals surface area contributed by atoms with Gasteiger partial charge in [0.25, 0.3) is 5.56 Å². The molecule has 0 fully saturated rings. The molecule has 0 amide bonds. The van der Waals surface area contributed by atoms with Gasteiger partial charge in [0.2, 0.25) is 5.95 Å². The number of nitrogens with zero attached hydrogens (tertiary/aromatic N) is 6. The fraction of sp³-hybridized carbons (Fsp3) is 0.529. The van der Waals surface area contributed by atoms with Crippen LogP contribution in [-0.4, -0.2) is 31.4 Å². The van der Waals surface area contributed by atoms with Crippen LogP contribution >= 0.6 is 0 Å². The number of hydrogen-bond acceptors (Lipinski definition) is 5. The van der Waals surface area contributed by atoms with Crippen LogP contribution in [-0.2, 0) is 20.1 Å². The van der Waals surface area contributed by atoms with Crippen molar-refractivity contribution in [1.82, 2.24) is 18.7 Å². The van der Waals surface area contributed by atoms with Gasteiger partial charge in [0.15, 0.2) is 11.2 Å². The Morgan fingerprint density at radius 3 is 2.48 bits per heavy atom. The fourth-order valence-corrected chi connectivity index (χ4v) is 2.92. The standard InChI is InChI=1S/C17H24N6O2/c1-7-8-9-22-14(24)12-13(20(5)16(22)25)18-15-21(6)19-11(10-23(12)15)17(2,3)4/h7-8H,9-10H2,1-6H3/b8-7+. The number of rotatable bonds is 2. The van der Waals surface area contributed by atoms with Gasteiger partial charge in [-0.15, -0.1) is 0 Å². The third-order valence-electron chi connectivity index (χ3n) is 4.47. The maximum Gasteiger partial charge on any atom is 0.332 e. The minimum absolute atomic E-state index is 0.132. The molecule has 134 valence electrons. The maximum atomic E-state index is 13.0. The summed E-state index contributed by atoms with van der Waals surface area (Å²) in [5.74, 6) is 0.568. The van der Waals surface area contributed by atoms with Crippen LogP contribution in [0.2, 0.25) is 0 Å². The van der Waals surface area contributed by atoms with E-state index in [1.165, 1.54) is 9.13 Å². The van der Waals surface area contributed by atoms with E-state index in [0.29, 0.717) is 23.7 Å². The zero-order valence-electron chi connectivity index (χ0n) is 15.6. The maximum absolute atomic E-state index is 13.0. The summed E-state index contributed by atoms with van der Waals surface area (Å²) in [5.41, 5.74) is 0.955. The molecule has 0 saturated heterocycles. The van der Waals surface area contributed by atoms with Gasteiger partial charge in [-0.2, -0.15) is 10.1 Å². The van der Waals surface area contributed by atoms with Crippen molar-refractivity contribution in [3.05, 3.63) is 33.0 Å². The van der Waals surface area contributed by atoms with E-state index >= 15 is 0 Å². The van der Waals surface area contributed by atoms with Crippen LogP contribution in [0.4, 0.5) is 5.95 Å². The van der Waals surface area contributed by atoms with E-state index in [-0.39, 0.29) is 23.2 Å². The molecule has 1 aliphatic heterocycles. The number of aryl methyl sites for hydroxylation is 1. The average molecular weight is 344 g/mol. The molecule has 2 aromatic heterocycles. The molecule has 0 saturated carbocycles. The number of imidazole rings is 1. The molecule has 3 rings (SSSR count). The SMILES string of the molecule is C/C=C/Cn1c(=O)c2c(nc3n2CC(C(C)(C)C)=NN3C)n(C)c1=O. The first-order valence-electron chi connectivity index (χ1n) is 8.29. The molecule has 1 aliphatic rings. The first-order chi connectivity index (χ1) is 11.7. The molecule has 25 heavy (non-hydrogen) atoms. The van der Waals surface area contributed by atoms with Crippen molar-refractivity contribution in [2.75, 3.05) is 12.1 Å². The van der Waals surface area contributed by atoms with E-state index in [1.807, 2.05) is 17.6 Å². The number of allylic oxidation sites excluding steroid dienone is 2. The van der Waals surface area contributed by atoms with Crippen LogP contribution in [0, 0.1) is 5.41 Å². The van der Waals surface area contributed by atoms with Crippen molar-refractivity contribution in [3.63, 3.8) is 0 Å². The number of fused-ring (bicyclic) bond motifs is 3. The molecule has 0 unspecified atom stereocenters. The zero-order valence-corrected chi connectivity index (χ0v) is 15.6. The summed E-state index contributed by atoms with van der Waals surface area (Å²) < 4.78 is 4.52. The highest BCUT2D eigenvalue weighted by molar-refractivity contribution is 5.93. The Labute approximate surface area is 145 Å². The van der Waals surface area contributed by atoms with E-state index in [9.17, 15) is 9.59 Å². The van der Waals surface area contributed by atoms with Gasteiger partial charge in [-0.3, -0.25) is 18.5 Å².